The highest BCUT2D eigenvalue weighted by Gasteiger charge is 2.18. The molecule has 1 aromatic rings. The Kier molecular flexibility index (Phi) is 4.24. The zero-order valence-electron chi connectivity index (χ0n) is 10.6. The Morgan fingerprint density at radius 3 is 2.94 bits per heavy atom. The van der Waals surface area contributed by atoms with Crippen molar-refractivity contribution in [2.45, 2.75) is 51.5 Å². The molecule has 1 unspecified atom stereocenters. The van der Waals surface area contributed by atoms with Crippen LogP contribution in [0.3, 0.4) is 0 Å². The number of furan rings is 1. The summed E-state index contributed by atoms with van der Waals surface area (Å²) in [6, 6.07) is 4.23. The summed E-state index contributed by atoms with van der Waals surface area (Å²) in [4.78, 5) is 4.61. The van der Waals surface area contributed by atoms with Crippen LogP contribution in [-0.2, 0) is 6.42 Å². The predicted octanol–water partition coefficient (Wildman–Crippen LogP) is 3.15. The molecule has 0 spiro atoms. The molecule has 1 aliphatic carbocycles. The molecule has 17 heavy (non-hydrogen) atoms. The molecule has 1 saturated carbocycles. The van der Waals surface area contributed by atoms with Gasteiger partial charge in [-0.25, -0.2) is 0 Å². The van der Waals surface area contributed by atoms with E-state index >= 15 is 0 Å². The van der Waals surface area contributed by atoms with Crippen LogP contribution in [0.25, 0.3) is 0 Å². The van der Waals surface area contributed by atoms with E-state index in [-0.39, 0.29) is 0 Å². The zero-order chi connectivity index (χ0) is 12.1. The first kappa shape index (κ1) is 12.2. The van der Waals surface area contributed by atoms with Crippen molar-refractivity contribution in [1.29, 1.82) is 0 Å². The minimum absolute atomic E-state index is 0.292. The number of hydrogen-bond acceptors (Lipinski definition) is 2. The lowest BCUT2D eigenvalue weighted by Gasteiger charge is -2.11. The third-order valence-corrected chi connectivity index (χ3v) is 3.53. The SMILES string of the molecule is CC(CCc1ccco1)N=C(N)C1CCCC1. The molecule has 1 aromatic heterocycles. The second kappa shape index (κ2) is 5.89. The van der Waals surface area contributed by atoms with Gasteiger partial charge in [-0.2, -0.15) is 0 Å². The quantitative estimate of drug-likeness (QED) is 0.628. The second-order valence-corrected chi connectivity index (χ2v) is 5.00. The van der Waals surface area contributed by atoms with E-state index in [1.165, 1.54) is 25.7 Å². The van der Waals surface area contributed by atoms with E-state index in [1.54, 1.807) is 6.26 Å². The summed E-state index contributed by atoms with van der Waals surface area (Å²) in [5.41, 5.74) is 6.06. The van der Waals surface area contributed by atoms with Gasteiger partial charge in [0.05, 0.1) is 12.1 Å². The fourth-order valence-electron chi connectivity index (χ4n) is 2.45. The van der Waals surface area contributed by atoms with E-state index in [9.17, 15) is 0 Å². The summed E-state index contributed by atoms with van der Waals surface area (Å²) in [5, 5.41) is 0. The first-order valence-electron chi connectivity index (χ1n) is 6.61. The molecule has 3 nitrogen and oxygen atoms in total. The van der Waals surface area contributed by atoms with Gasteiger partial charge in [-0.1, -0.05) is 12.8 Å². The van der Waals surface area contributed by atoms with Crippen molar-refractivity contribution in [2.75, 3.05) is 0 Å². The fraction of sp³-hybridized carbons (Fsp3) is 0.643. The number of hydrogen-bond donors (Lipinski definition) is 1. The number of amidine groups is 1. The van der Waals surface area contributed by atoms with Crippen LogP contribution < -0.4 is 5.73 Å². The lowest BCUT2D eigenvalue weighted by atomic mass is 10.1. The maximum atomic E-state index is 6.06. The molecule has 1 atom stereocenters. The largest absolute Gasteiger partial charge is 0.469 e. The predicted molar refractivity (Wildman–Crippen MR) is 70.1 cm³/mol. The van der Waals surface area contributed by atoms with E-state index < -0.39 is 0 Å². The van der Waals surface area contributed by atoms with Gasteiger partial charge in [0.15, 0.2) is 0 Å². The van der Waals surface area contributed by atoms with Gasteiger partial charge in [0, 0.05) is 18.4 Å². The lowest BCUT2D eigenvalue weighted by molar-refractivity contribution is 0.490. The Morgan fingerprint density at radius 2 is 2.29 bits per heavy atom. The maximum Gasteiger partial charge on any atom is 0.103 e. The van der Waals surface area contributed by atoms with E-state index in [2.05, 4.69) is 11.9 Å². The standard InChI is InChI=1S/C14H22N2O/c1-11(8-9-13-7-4-10-17-13)16-14(15)12-5-2-3-6-12/h4,7,10-12H,2-3,5-6,8-9H2,1H3,(H2,15,16). The van der Waals surface area contributed by atoms with Crippen LogP contribution in [-0.4, -0.2) is 11.9 Å². The Morgan fingerprint density at radius 1 is 1.53 bits per heavy atom. The van der Waals surface area contributed by atoms with Gasteiger partial charge < -0.3 is 10.2 Å². The van der Waals surface area contributed by atoms with Gasteiger partial charge in [0.2, 0.25) is 0 Å². The zero-order valence-corrected chi connectivity index (χ0v) is 10.6. The van der Waals surface area contributed by atoms with Crippen molar-refractivity contribution in [3.8, 4) is 0 Å². The van der Waals surface area contributed by atoms with E-state index in [0.717, 1.165) is 24.4 Å². The third-order valence-electron chi connectivity index (χ3n) is 3.53. The van der Waals surface area contributed by atoms with Gasteiger partial charge in [0.1, 0.15) is 5.76 Å². The van der Waals surface area contributed by atoms with E-state index in [0.29, 0.717) is 12.0 Å². The Hall–Kier alpha value is -1.25. The highest BCUT2D eigenvalue weighted by molar-refractivity contribution is 5.83. The molecule has 0 aromatic carbocycles. The van der Waals surface area contributed by atoms with Gasteiger partial charge in [0.25, 0.3) is 0 Å². The first-order valence-corrected chi connectivity index (χ1v) is 6.61. The molecule has 0 amide bonds. The van der Waals surface area contributed by atoms with Crippen LogP contribution in [0.2, 0.25) is 0 Å². The van der Waals surface area contributed by atoms with Gasteiger partial charge >= 0.3 is 0 Å². The summed E-state index contributed by atoms with van der Waals surface area (Å²) < 4.78 is 5.31. The molecule has 0 aliphatic heterocycles. The van der Waals surface area contributed by atoms with Crippen molar-refractivity contribution in [3.05, 3.63) is 24.2 Å². The van der Waals surface area contributed by atoms with Crippen molar-refractivity contribution >= 4 is 5.84 Å². The Balaban J connectivity index is 1.79. The van der Waals surface area contributed by atoms with Gasteiger partial charge in [-0.05, 0) is 38.3 Å². The van der Waals surface area contributed by atoms with Crippen molar-refractivity contribution in [1.82, 2.24) is 0 Å². The average Bonchev–Trinajstić information content (AvgIpc) is 2.99. The van der Waals surface area contributed by atoms with Crippen molar-refractivity contribution in [3.63, 3.8) is 0 Å². The van der Waals surface area contributed by atoms with Crippen LogP contribution in [0.1, 0.15) is 44.8 Å². The Bertz CT molecular complexity index is 350. The molecule has 1 fully saturated rings. The van der Waals surface area contributed by atoms with Gasteiger partial charge in [-0.15, -0.1) is 0 Å². The van der Waals surface area contributed by atoms with Crippen LogP contribution in [0, 0.1) is 5.92 Å². The van der Waals surface area contributed by atoms with Crippen LogP contribution >= 0.6 is 0 Å². The van der Waals surface area contributed by atoms with E-state index in [1.807, 2.05) is 12.1 Å². The Labute approximate surface area is 103 Å². The number of nitrogens with zero attached hydrogens (tertiary/aromatic N) is 1. The van der Waals surface area contributed by atoms with Crippen molar-refractivity contribution in [2.24, 2.45) is 16.6 Å². The normalized spacial score (nSPS) is 19.7. The minimum atomic E-state index is 0.292. The summed E-state index contributed by atoms with van der Waals surface area (Å²) in [7, 11) is 0. The highest BCUT2D eigenvalue weighted by Crippen LogP contribution is 2.25. The van der Waals surface area contributed by atoms with Crippen LogP contribution in [0.5, 0.6) is 0 Å². The molecule has 0 saturated heterocycles. The highest BCUT2D eigenvalue weighted by atomic mass is 16.3. The summed E-state index contributed by atoms with van der Waals surface area (Å²) in [6.07, 6.45) is 8.72. The maximum absolute atomic E-state index is 6.06. The monoisotopic (exact) mass is 234 g/mol. The molecule has 2 N–H and O–H groups in total. The van der Waals surface area contributed by atoms with Crippen molar-refractivity contribution < 1.29 is 4.42 Å². The topological polar surface area (TPSA) is 51.5 Å². The molecule has 0 radical (unpaired) electrons. The molecule has 1 aliphatic rings. The summed E-state index contributed by atoms with van der Waals surface area (Å²) in [6.45, 7) is 2.13. The molecule has 1 heterocycles. The number of nitrogens with two attached hydrogens (primary N) is 1. The van der Waals surface area contributed by atoms with Crippen LogP contribution in [0.4, 0.5) is 0 Å². The number of rotatable bonds is 5. The molecule has 2 rings (SSSR count). The third kappa shape index (κ3) is 3.62. The number of aliphatic imine (C=N–C) groups is 1. The van der Waals surface area contributed by atoms with Gasteiger partial charge in [-0.3, -0.25) is 4.99 Å². The molecular formula is C14H22N2O. The number of aryl methyl sites for hydroxylation is 1. The van der Waals surface area contributed by atoms with Crippen LogP contribution in [0.15, 0.2) is 27.8 Å². The summed E-state index contributed by atoms with van der Waals surface area (Å²) >= 11 is 0. The van der Waals surface area contributed by atoms with E-state index in [4.69, 9.17) is 10.2 Å². The minimum Gasteiger partial charge on any atom is -0.469 e. The first-order chi connectivity index (χ1) is 8.25. The fourth-order valence-corrected chi connectivity index (χ4v) is 2.45. The second-order valence-electron chi connectivity index (χ2n) is 5.00. The molecular weight excluding hydrogens is 212 g/mol. The lowest BCUT2D eigenvalue weighted by Crippen LogP contribution is -2.23. The molecule has 3 heteroatoms. The molecule has 94 valence electrons. The summed E-state index contributed by atoms with van der Waals surface area (Å²) in [5.74, 6) is 2.45. The smallest absolute Gasteiger partial charge is 0.103 e. The average molecular weight is 234 g/mol. The molecule has 0 bridgehead atoms.